The van der Waals surface area contributed by atoms with Crippen LogP contribution >= 0.6 is 35.0 Å². The molecule has 0 aromatic heterocycles. The third-order valence-electron chi connectivity index (χ3n) is 3.09. The highest BCUT2D eigenvalue weighted by Gasteiger charge is 2.52. The number of amides is 1. The summed E-state index contributed by atoms with van der Waals surface area (Å²) in [6.45, 7) is 1.70. The van der Waals surface area contributed by atoms with Gasteiger partial charge in [-0.15, -0.1) is 11.8 Å². The minimum Gasteiger partial charge on any atom is -0.480 e. The van der Waals surface area contributed by atoms with Crippen LogP contribution in [0.1, 0.15) is 19.8 Å². The average Bonchev–Trinajstić information content (AvgIpc) is 3.14. The summed E-state index contributed by atoms with van der Waals surface area (Å²) in [7, 11) is 0. The molecule has 0 heterocycles. The predicted molar refractivity (Wildman–Crippen MR) is 79.5 cm³/mol. The Morgan fingerprint density at radius 3 is 2.60 bits per heavy atom. The lowest BCUT2D eigenvalue weighted by Crippen LogP contribution is -2.46. The Morgan fingerprint density at radius 1 is 1.40 bits per heavy atom. The van der Waals surface area contributed by atoms with E-state index < -0.39 is 16.8 Å². The van der Waals surface area contributed by atoms with E-state index >= 15 is 0 Å². The van der Waals surface area contributed by atoms with Crippen molar-refractivity contribution in [2.45, 2.75) is 35.4 Å². The zero-order valence-electron chi connectivity index (χ0n) is 10.7. The van der Waals surface area contributed by atoms with Crippen molar-refractivity contribution in [3.05, 3.63) is 28.2 Å². The summed E-state index contributed by atoms with van der Waals surface area (Å²) in [4.78, 5) is 23.8. The van der Waals surface area contributed by atoms with Gasteiger partial charge in [-0.25, -0.2) is 4.79 Å². The SMILES string of the molecule is CC(Sc1cc(Cl)ccc1Cl)C(=O)NC1(C(=O)O)CC1. The van der Waals surface area contributed by atoms with Crippen molar-refractivity contribution in [2.24, 2.45) is 0 Å². The van der Waals surface area contributed by atoms with Crippen molar-refractivity contribution >= 4 is 46.8 Å². The third-order valence-corrected chi connectivity index (χ3v) is 4.92. The van der Waals surface area contributed by atoms with Crippen LogP contribution in [0.5, 0.6) is 0 Å². The maximum absolute atomic E-state index is 12.0. The molecular formula is C13H13Cl2NO3S. The van der Waals surface area contributed by atoms with E-state index in [0.29, 0.717) is 27.8 Å². The van der Waals surface area contributed by atoms with Crippen LogP contribution in [0.4, 0.5) is 0 Å². The molecule has 1 unspecified atom stereocenters. The number of aliphatic carboxylic acids is 1. The molecule has 1 amide bonds. The van der Waals surface area contributed by atoms with Crippen LogP contribution in [-0.2, 0) is 9.59 Å². The second kappa shape index (κ2) is 5.84. The van der Waals surface area contributed by atoms with E-state index in [1.165, 1.54) is 11.8 Å². The van der Waals surface area contributed by atoms with E-state index in [9.17, 15) is 9.59 Å². The first-order chi connectivity index (χ1) is 9.34. The molecule has 2 rings (SSSR count). The Morgan fingerprint density at radius 2 is 2.05 bits per heavy atom. The zero-order valence-corrected chi connectivity index (χ0v) is 13.0. The lowest BCUT2D eigenvalue weighted by atomic mass is 10.2. The molecule has 20 heavy (non-hydrogen) atoms. The fraction of sp³-hybridized carbons (Fsp3) is 0.385. The van der Waals surface area contributed by atoms with Crippen molar-refractivity contribution < 1.29 is 14.7 Å². The molecule has 1 saturated carbocycles. The van der Waals surface area contributed by atoms with Crippen LogP contribution in [0.15, 0.2) is 23.1 Å². The number of carbonyl (C=O) groups excluding carboxylic acids is 1. The summed E-state index contributed by atoms with van der Waals surface area (Å²) in [6, 6.07) is 5.02. The molecule has 1 atom stereocenters. The summed E-state index contributed by atoms with van der Waals surface area (Å²) in [5.74, 6) is -1.30. The summed E-state index contributed by atoms with van der Waals surface area (Å²) >= 11 is 13.2. The lowest BCUT2D eigenvalue weighted by molar-refractivity contribution is -0.143. The van der Waals surface area contributed by atoms with Crippen molar-refractivity contribution in [1.82, 2.24) is 5.32 Å². The van der Waals surface area contributed by atoms with E-state index in [2.05, 4.69) is 5.32 Å². The molecule has 1 fully saturated rings. The molecule has 108 valence electrons. The van der Waals surface area contributed by atoms with Gasteiger partial charge in [-0.1, -0.05) is 23.2 Å². The number of thioether (sulfide) groups is 1. The van der Waals surface area contributed by atoms with Gasteiger partial charge in [0.1, 0.15) is 5.54 Å². The molecule has 4 nitrogen and oxygen atoms in total. The second-order valence-corrected chi connectivity index (χ2v) is 6.94. The quantitative estimate of drug-likeness (QED) is 0.812. The monoisotopic (exact) mass is 333 g/mol. The largest absolute Gasteiger partial charge is 0.480 e. The smallest absolute Gasteiger partial charge is 0.329 e. The number of benzene rings is 1. The number of carbonyl (C=O) groups is 2. The Kier molecular flexibility index (Phi) is 4.52. The minimum absolute atomic E-state index is 0.314. The topological polar surface area (TPSA) is 66.4 Å². The van der Waals surface area contributed by atoms with Gasteiger partial charge in [0, 0.05) is 9.92 Å². The van der Waals surface area contributed by atoms with E-state index in [1.54, 1.807) is 25.1 Å². The maximum atomic E-state index is 12.0. The zero-order chi connectivity index (χ0) is 14.9. The van der Waals surface area contributed by atoms with Gasteiger partial charge in [-0.05, 0) is 38.0 Å². The van der Waals surface area contributed by atoms with Crippen LogP contribution in [0.25, 0.3) is 0 Å². The van der Waals surface area contributed by atoms with Crippen LogP contribution in [0.2, 0.25) is 10.0 Å². The van der Waals surface area contributed by atoms with Gasteiger partial charge >= 0.3 is 5.97 Å². The van der Waals surface area contributed by atoms with Gasteiger partial charge in [-0.3, -0.25) is 4.79 Å². The second-order valence-electron chi connectivity index (χ2n) is 4.71. The molecule has 0 bridgehead atoms. The van der Waals surface area contributed by atoms with Crippen molar-refractivity contribution in [3.63, 3.8) is 0 Å². The lowest BCUT2D eigenvalue weighted by Gasteiger charge is -2.17. The first kappa shape index (κ1) is 15.5. The molecule has 2 N–H and O–H groups in total. The number of carboxylic acids is 1. The van der Waals surface area contributed by atoms with Crippen LogP contribution in [0, 0.1) is 0 Å². The molecule has 1 aromatic rings. The van der Waals surface area contributed by atoms with Crippen LogP contribution < -0.4 is 5.32 Å². The van der Waals surface area contributed by atoms with Gasteiger partial charge in [-0.2, -0.15) is 0 Å². The van der Waals surface area contributed by atoms with Gasteiger partial charge in [0.05, 0.1) is 10.3 Å². The Labute approximate surface area is 130 Å². The molecule has 0 saturated heterocycles. The molecule has 0 spiro atoms. The van der Waals surface area contributed by atoms with Crippen molar-refractivity contribution in [2.75, 3.05) is 0 Å². The standard InChI is InChI=1S/C13H13Cl2NO3S/c1-7(11(17)16-13(4-5-13)12(18)19)20-10-6-8(14)2-3-9(10)15/h2-3,6-7H,4-5H2,1H3,(H,16,17)(H,18,19). The minimum atomic E-state index is -1.07. The van der Waals surface area contributed by atoms with Crippen LogP contribution in [0.3, 0.4) is 0 Å². The average molecular weight is 334 g/mol. The number of hydrogen-bond acceptors (Lipinski definition) is 3. The van der Waals surface area contributed by atoms with Crippen molar-refractivity contribution in [1.29, 1.82) is 0 Å². The maximum Gasteiger partial charge on any atom is 0.329 e. The molecule has 1 aliphatic carbocycles. The van der Waals surface area contributed by atoms with Crippen LogP contribution in [-0.4, -0.2) is 27.8 Å². The number of carboxylic acid groups (broad SMARTS) is 1. The van der Waals surface area contributed by atoms with Gasteiger partial charge in [0.15, 0.2) is 0 Å². The molecule has 7 heteroatoms. The van der Waals surface area contributed by atoms with E-state index in [4.69, 9.17) is 28.3 Å². The molecule has 0 aliphatic heterocycles. The molecule has 0 radical (unpaired) electrons. The molecule has 1 aliphatic rings. The van der Waals surface area contributed by atoms with E-state index in [0.717, 1.165) is 0 Å². The van der Waals surface area contributed by atoms with Gasteiger partial charge in [0.25, 0.3) is 0 Å². The number of nitrogens with one attached hydrogen (secondary N) is 1. The predicted octanol–water partition coefficient (Wildman–Crippen LogP) is 3.21. The van der Waals surface area contributed by atoms with Crippen molar-refractivity contribution in [3.8, 4) is 0 Å². The fourth-order valence-corrected chi connectivity index (χ4v) is 3.08. The highest BCUT2D eigenvalue weighted by Crippen LogP contribution is 2.37. The summed E-state index contributed by atoms with van der Waals surface area (Å²) in [5.41, 5.74) is -1.07. The molecule has 1 aromatic carbocycles. The highest BCUT2D eigenvalue weighted by molar-refractivity contribution is 8.00. The third kappa shape index (κ3) is 3.40. The summed E-state index contributed by atoms with van der Waals surface area (Å²) < 4.78 is 0. The van der Waals surface area contributed by atoms with Gasteiger partial charge in [0.2, 0.25) is 5.91 Å². The Bertz CT molecular complexity index is 561. The number of hydrogen-bond donors (Lipinski definition) is 2. The normalized spacial score (nSPS) is 17.4. The first-order valence-corrected chi connectivity index (χ1v) is 7.65. The van der Waals surface area contributed by atoms with Gasteiger partial charge < -0.3 is 10.4 Å². The number of rotatable bonds is 5. The number of halogens is 2. The van der Waals surface area contributed by atoms with E-state index in [-0.39, 0.29) is 5.91 Å². The summed E-state index contributed by atoms with van der Waals surface area (Å²) in [6.07, 6.45) is 0.951. The molecular weight excluding hydrogens is 321 g/mol. The fourth-order valence-electron chi connectivity index (χ4n) is 1.67. The Balaban J connectivity index is 2.01. The highest BCUT2D eigenvalue weighted by atomic mass is 35.5. The van der Waals surface area contributed by atoms with E-state index in [1.807, 2.05) is 0 Å². The summed E-state index contributed by atoms with van der Waals surface area (Å²) in [5, 5.41) is 12.2. The first-order valence-electron chi connectivity index (χ1n) is 6.01. The Hall–Kier alpha value is -0.910.